The molecule has 0 aromatic heterocycles. The highest BCUT2D eigenvalue weighted by Gasteiger charge is 2.18. The first-order chi connectivity index (χ1) is 10.9. The Hall–Kier alpha value is -2.12. The molecule has 23 heavy (non-hydrogen) atoms. The molecule has 0 saturated heterocycles. The Balaban J connectivity index is 2.33. The molecule has 0 saturated carbocycles. The number of rotatable bonds is 6. The van der Waals surface area contributed by atoms with E-state index in [1.54, 1.807) is 12.1 Å². The molecule has 7 heteroatoms. The van der Waals surface area contributed by atoms with Crippen molar-refractivity contribution in [3.05, 3.63) is 53.3 Å². The lowest BCUT2D eigenvalue weighted by Crippen LogP contribution is -2.14. The second-order valence-electron chi connectivity index (χ2n) is 4.93. The minimum Gasteiger partial charge on any atom is -0.494 e. The molecule has 2 aromatic carbocycles. The highest BCUT2D eigenvalue weighted by molar-refractivity contribution is 7.92. The van der Waals surface area contributed by atoms with Crippen molar-refractivity contribution >= 4 is 15.7 Å². The van der Waals surface area contributed by atoms with Crippen molar-refractivity contribution in [3.8, 4) is 5.75 Å². The zero-order valence-electron chi connectivity index (χ0n) is 12.8. The Kier molecular flexibility index (Phi) is 5.23. The Morgan fingerprint density at radius 2 is 1.96 bits per heavy atom. The first kappa shape index (κ1) is 17.2. The zero-order chi connectivity index (χ0) is 17.0. The first-order valence-electron chi connectivity index (χ1n) is 7.03. The Labute approximate surface area is 134 Å². The second kappa shape index (κ2) is 6.97. The van der Waals surface area contributed by atoms with Gasteiger partial charge in [0.25, 0.3) is 10.0 Å². The van der Waals surface area contributed by atoms with Gasteiger partial charge in [-0.1, -0.05) is 0 Å². The van der Waals surface area contributed by atoms with Crippen molar-refractivity contribution in [3.63, 3.8) is 0 Å². The van der Waals surface area contributed by atoms with Crippen LogP contribution in [0.1, 0.15) is 18.1 Å². The molecule has 0 aliphatic heterocycles. The van der Waals surface area contributed by atoms with Gasteiger partial charge in [0.1, 0.15) is 11.6 Å². The minimum atomic E-state index is -3.85. The highest BCUT2D eigenvalue weighted by atomic mass is 32.2. The topological polar surface area (TPSA) is 75.6 Å². The van der Waals surface area contributed by atoms with Crippen LogP contribution >= 0.6 is 0 Å². The molecule has 2 rings (SSSR count). The molecule has 0 radical (unpaired) electrons. The fraction of sp³-hybridized carbons (Fsp3) is 0.250. The summed E-state index contributed by atoms with van der Waals surface area (Å²) in [5, 5.41) is 9.36. The number of hydrogen-bond acceptors (Lipinski definition) is 4. The van der Waals surface area contributed by atoms with E-state index in [-0.39, 0.29) is 11.5 Å². The van der Waals surface area contributed by atoms with Gasteiger partial charge in [-0.05, 0) is 55.8 Å². The highest BCUT2D eigenvalue weighted by Crippen LogP contribution is 2.25. The van der Waals surface area contributed by atoms with Gasteiger partial charge in [-0.3, -0.25) is 4.72 Å². The van der Waals surface area contributed by atoms with E-state index in [1.165, 1.54) is 19.1 Å². The molecule has 0 aliphatic rings. The quantitative estimate of drug-likeness (QED) is 0.848. The summed E-state index contributed by atoms with van der Waals surface area (Å²) < 4.78 is 45.7. The van der Waals surface area contributed by atoms with E-state index in [4.69, 9.17) is 4.74 Å². The van der Waals surface area contributed by atoms with E-state index in [0.29, 0.717) is 29.2 Å². The normalized spacial score (nSPS) is 11.3. The molecule has 0 aliphatic carbocycles. The lowest BCUT2D eigenvalue weighted by Gasteiger charge is -2.13. The van der Waals surface area contributed by atoms with Crippen molar-refractivity contribution in [2.75, 3.05) is 11.3 Å². The molecule has 124 valence electrons. The van der Waals surface area contributed by atoms with Crippen LogP contribution in [0.25, 0.3) is 0 Å². The average Bonchev–Trinajstić information content (AvgIpc) is 2.48. The molecule has 0 amide bonds. The fourth-order valence-electron chi connectivity index (χ4n) is 2.19. The van der Waals surface area contributed by atoms with E-state index in [9.17, 15) is 17.9 Å². The molecule has 5 nitrogen and oxygen atoms in total. The summed E-state index contributed by atoms with van der Waals surface area (Å²) in [5.74, 6) is 0.000921. The van der Waals surface area contributed by atoms with Gasteiger partial charge in [0, 0.05) is 11.3 Å². The predicted octanol–water partition coefficient (Wildman–Crippen LogP) is 2.83. The van der Waals surface area contributed by atoms with Crippen LogP contribution in [-0.4, -0.2) is 20.1 Å². The van der Waals surface area contributed by atoms with Crippen LogP contribution in [0.3, 0.4) is 0 Å². The number of nitrogens with one attached hydrogen (secondary N) is 1. The van der Waals surface area contributed by atoms with Crippen LogP contribution in [0.2, 0.25) is 0 Å². The number of anilines is 1. The standard InChI is InChI=1S/C16H18FNO4S/c1-3-22-15-6-5-14(9-12(15)10-19)18-23(20,21)16-7-4-13(17)8-11(16)2/h4-9,18-19H,3,10H2,1-2H3. The number of aliphatic hydroxyl groups is 1. The summed E-state index contributed by atoms with van der Waals surface area (Å²) in [6.45, 7) is 3.50. The summed E-state index contributed by atoms with van der Waals surface area (Å²) in [7, 11) is -3.85. The number of sulfonamides is 1. The van der Waals surface area contributed by atoms with E-state index >= 15 is 0 Å². The molecule has 2 aromatic rings. The number of halogens is 1. The van der Waals surface area contributed by atoms with Crippen LogP contribution in [0, 0.1) is 12.7 Å². The molecule has 0 bridgehead atoms. The number of benzene rings is 2. The van der Waals surface area contributed by atoms with E-state index < -0.39 is 15.8 Å². The van der Waals surface area contributed by atoms with Crippen LogP contribution in [-0.2, 0) is 16.6 Å². The van der Waals surface area contributed by atoms with Crippen molar-refractivity contribution in [1.82, 2.24) is 0 Å². The maximum atomic E-state index is 13.1. The van der Waals surface area contributed by atoms with Crippen molar-refractivity contribution < 1.29 is 22.7 Å². The number of ether oxygens (including phenoxy) is 1. The monoisotopic (exact) mass is 339 g/mol. The number of hydrogen-bond donors (Lipinski definition) is 2. The number of aliphatic hydroxyl groups excluding tert-OH is 1. The third-order valence-corrected chi connectivity index (χ3v) is 4.75. The van der Waals surface area contributed by atoms with Crippen molar-refractivity contribution in [1.29, 1.82) is 0 Å². The van der Waals surface area contributed by atoms with Crippen LogP contribution in [0.4, 0.5) is 10.1 Å². The fourth-order valence-corrected chi connectivity index (χ4v) is 3.46. The van der Waals surface area contributed by atoms with Crippen molar-refractivity contribution in [2.24, 2.45) is 0 Å². The predicted molar refractivity (Wildman–Crippen MR) is 85.5 cm³/mol. The third kappa shape index (κ3) is 4.00. The Morgan fingerprint density at radius 1 is 1.22 bits per heavy atom. The summed E-state index contributed by atoms with van der Waals surface area (Å²) in [6.07, 6.45) is 0. The molecule has 2 N–H and O–H groups in total. The zero-order valence-corrected chi connectivity index (χ0v) is 13.7. The molecule has 0 fully saturated rings. The Bertz CT molecular complexity index is 806. The maximum Gasteiger partial charge on any atom is 0.262 e. The largest absolute Gasteiger partial charge is 0.494 e. The molecule has 0 spiro atoms. The van der Waals surface area contributed by atoms with Gasteiger partial charge in [0.05, 0.1) is 18.1 Å². The van der Waals surface area contributed by atoms with Crippen LogP contribution < -0.4 is 9.46 Å². The average molecular weight is 339 g/mol. The van der Waals surface area contributed by atoms with Gasteiger partial charge in [-0.15, -0.1) is 0 Å². The summed E-state index contributed by atoms with van der Waals surface area (Å²) in [5.41, 5.74) is 1.08. The van der Waals surface area contributed by atoms with Gasteiger partial charge >= 0.3 is 0 Å². The summed E-state index contributed by atoms with van der Waals surface area (Å²) in [6, 6.07) is 8.10. The minimum absolute atomic E-state index is 0.00154. The second-order valence-corrected chi connectivity index (χ2v) is 6.58. The maximum absolute atomic E-state index is 13.1. The molecule has 0 unspecified atom stereocenters. The van der Waals surface area contributed by atoms with Crippen LogP contribution in [0.5, 0.6) is 5.75 Å². The molecular formula is C16H18FNO4S. The number of aryl methyl sites for hydroxylation is 1. The van der Waals surface area contributed by atoms with Gasteiger partial charge in [0.15, 0.2) is 0 Å². The molecule has 0 atom stereocenters. The van der Waals surface area contributed by atoms with E-state index in [0.717, 1.165) is 12.1 Å². The van der Waals surface area contributed by atoms with Gasteiger partial charge in [-0.2, -0.15) is 0 Å². The lowest BCUT2D eigenvalue weighted by molar-refractivity contribution is 0.267. The van der Waals surface area contributed by atoms with E-state index in [1.807, 2.05) is 6.92 Å². The smallest absolute Gasteiger partial charge is 0.262 e. The van der Waals surface area contributed by atoms with Gasteiger partial charge in [-0.25, -0.2) is 12.8 Å². The molecule has 0 heterocycles. The van der Waals surface area contributed by atoms with Gasteiger partial charge in [0.2, 0.25) is 0 Å². The van der Waals surface area contributed by atoms with E-state index in [2.05, 4.69) is 4.72 Å². The summed E-state index contributed by atoms with van der Waals surface area (Å²) in [4.78, 5) is -0.00154. The SMILES string of the molecule is CCOc1ccc(NS(=O)(=O)c2ccc(F)cc2C)cc1CO. The van der Waals surface area contributed by atoms with Gasteiger partial charge < -0.3 is 9.84 Å². The van der Waals surface area contributed by atoms with Crippen LogP contribution in [0.15, 0.2) is 41.3 Å². The lowest BCUT2D eigenvalue weighted by atomic mass is 10.2. The van der Waals surface area contributed by atoms with Crippen molar-refractivity contribution in [2.45, 2.75) is 25.3 Å². The first-order valence-corrected chi connectivity index (χ1v) is 8.51. The Morgan fingerprint density at radius 3 is 2.57 bits per heavy atom. The summed E-state index contributed by atoms with van der Waals surface area (Å²) >= 11 is 0. The third-order valence-electron chi connectivity index (χ3n) is 3.21. The molecular weight excluding hydrogens is 321 g/mol.